The van der Waals surface area contributed by atoms with Crippen molar-refractivity contribution in [3.8, 4) is 11.5 Å². The first-order valence-corrected chi connectivity index (χ1v) is 10.3. The number of ether oxygens (including phenoxy) is 1. The molecule has 0 aromatic heterocycles. The maximum atomic E-state index is 11.9. The molecule has 0 fully saturated rings. The minimum atomic E-state index is -1.08. The van der Waals surface area contributed by atoms with Crippen molar-refractivity contribution in [3.05, 3.63) is 130 Å². The Balaban J connectivity index is 0.000000176. The van der Waals surface area contributed by atoms with Gasteiger partial charge < -0.3 is 9.84 Å². The fourth-order valence-corrected chi connectivity index (χ4v) is 3.07. The summed E-state index contributed by atoms with van der Waals surface area (Å²) in [5.74, 6) is 0.936. The van der Waals surface area contributed by atoms with E-state index in [0.29, 0.717) is 32.7 Å². The van der Waals surface area contributed by atoms with Crippen LogP contribution in [-0.2, 0) is 0 Å². The highest BCUT2D eigenvalue weighted by Crippen LogP contribution is 2.32. The van der Waals surface area contributed by atoms with Crippen LogP contribution in [0.2, 0.25) is 10.0 Å². The van der Waals surface area contributed by atoms with E-state index in [9.17, 15) is 9.90 Å². The SMILES string of the molecule is Clc1ccccc1Oc1ccccc1Cl.O=C(c1ccccc1)C(O)c1ccccc1. The van der Waals surface area contributed by atoms with E-state index in [1.807, 2.05) is 36.4 Å². The minimum Gasteiger partial charge on any atom is -0.454 e. The third-order valence-electron chi connectivity index (χ3n) is 4.32. The molecule has 1 unspecified atom stereocenters. The van der Waals surface area contributed by atoms with E-state index in [1.54, 1.807) is 72.8 Å². The fourth-order valence-electron chi connectivity index (χ4n) is 2.72. The lowest BCUT2D eigenvalue weighted by atomic mass is 10.0. The van der Waals surface area contributed by atoms with Crippen molar-refractivity contribution >= 4 is 29.0 Å². The Morgan fingerprint density at radius 2 is 1.06 bits per heavy atom. The molecule has 0 aliphatic heterocycles. The van der Waals surface area contributed by atoms with E-state index in [4.69, 9.17) is 27.9 Å². The highest BCUT2D eigenvalue weighted by Gasteiger charge is 2.18. The summed E-state index contributed by atoms with van der Waals surface area (Å²) in [4.78, 5) is 11.9. The minimum absolute atomic E-state index is 0.271. The average Bonchev–Trinajstić information content (AvgIpc) is 2.82. The summed E-state index contributed by atoms with van der Waals surface area (Å²) < 4.78 is 5.58. The third-order valence-corrected chi connectivity index (χ3v) is 4.94. The number of hydrogen-bond acceptors (Lipinski definition) is 3. The number of carbonyl (C=O) groups is 1. The van der Waals surface area contributed by atoms with Gasteiger partial charge in [-0.25, -0.2) is 0 Å². The normalized spacial score (nSPS) is 11.1. The van der Waals surface area contributed by atoms with Gasteiger partial charge in [-0.15, -0.1) is 0 Å². The van der Waals surface area contributed by atoms with E-state index in [1.165, 1.54) is 0 Å². The van der Waals surface area contributed by atoms with E-state index in [-0.39, 0.29) is 5.78 Å². The van der Waals surface area contributed by atoms with Gasteiger partial charge in [-0.3, -0.25) is 4.79 Å². The van der Waals surface area contributed by atoms with Gasteiger partial charge in [-0.1, -0.05) is 108 Å². The van der Waals surface area contributed by atoms with Gasteiger partial charge in [-0.05, 0) is 29.8 Å². The Morgan fingerprint density at radius 1 is 0.645 bits per heavy atom. The molecule has 4 rings (SSSR count). The molecule has 1 atom stereocenters. The summed E-state index contributed by atoms with van der Waals surface area (Å²) in [6, 6.07) is 32.3. The zero-order valence-electron chi connectivity index (χ0n) is 16.5. The maximum Gasteiger partial charge on any atom is 0.195 e. The van der Waals surface area contributed by atoms with Crippen molar-refractivity contribution in [2.75, 3.05) is 0 Å². The first kappa shape index (κ1) is 22.6. The molecule has 4 aromatic carbocycles. The van der Waals surface area contributed by atoms with Crippen LogP contribution >= 0.6 is 23.2 Å². The second-order valence-electron chi connectivity index (χ2n) is 6.51. The van der Waals surface area contributed by atoms with Crippen LogP contribution in [-0.4, -0.2) is 10.9 Å². The van der Waals surface area contributed by atoms with Gasteiger partial charge in [0.15, 0.2) is 5.78 Å². The Hall–Kier alpha value is -3.11. The molecular weight excluding hydrogens is 431 g/mol. The molecular formula is C26H20Cl2O3. The van der Waals surface area contributed by atoms with Crippen LogP contribution < -0.4 is 4.74 Å². The van der Waals surface area contributed by atoms with Crippen LogP contribution in [0.5, 0.6) is 11.5 Å². The number of para-hydroxylation sites is 2. The van der Waals surface area contributed by atoms with Gasteiger partial charge in [-0.2, -0.15) is 0 Å². The highest BCUT2D eigenvalue weighted by molar-refractivity contribution is 6.32. The molecule has 31 heavy (non-hydrogen) atoms. The van der Waals surface area contributed by atoms with Crippen molar-refractivity contribution in [2.45, 2.75) is 6.10 Å². The molecule has 0 saturated heterocycles. The van der Waals surface area contributed by atoms with Crippen molar-refractivity contribution in [3.63, 3.8) is 0 Å². The van der Waals surface area contributed by atoms with Crippen molar-refractivity contribution < 1.29 is 14.6 Å². The van der Waals surface area contributed by atoms with E-state index < -0.39 is 6.10 Å². The number of aliphatic hydroxyl groups excluding tert-OH is 1. The van der Waals surface area contributed by atoms with E-state index in [2.05, 4.69) is 0 Å². The Morgan fingerprint density at radius 3 is 1.55 bits per heavy atom. The monoisotopic (exact) mass is 450 g/mol. The molecule has 0 saturated carbocycles. The zero-order valence-corrected chi connectivity index (χ0v) is 18.0. The second kappa shape index (κ2) is 11.3. The predicted octanol–water partition coefficient (Wildman–Crippen LogP) is 7.39. The smallest absolute Gasteiger partial charge is 0.195 e. The van der Waals surface area contributed by atoms with Gasteiger partial charge in [0.25, 0.3) is 0 Å². The number of hydrogen-bond donors (Lipinski definition) is 1. The summed E-state index contributed by atoms with van der Waals surface area (Å²) in [7, 11) is 0. The summed E-state index contributed by atoms with van der Waals surface area (Å²) >= 11 is 11.9. The van der Waals surface area contributed by atoms with Gasteiger partial charge in [0.1, 0.15) is 17.6 Å². The third kappa shape index (κ3) is 6.43. The van der Waals surface area contributed by atoms with Crippen LogP contribution in [0, 0.1) is 0 Å². The molecule has 4 aromatic rings. The van der Waals surface area contributed by atoms with Crippen LogP contribution in [0.25, 0.3) is 0 Å². The first-order valence-electron chi connectivity index (χ1n) is 9.55. The van der Waals surface area contributed by atoms with Crippen molar-refractivity contribution in [1.82, 2.24) is 0 Å². The molecule has 156 valence electrons. The lowest BCUT2D eigenvalue weighted by Crippen LogP contribution is -2.11. The van der Waals surface area contributed by atoms with E-state index in [0.717, 1.165) is 0 Å². The number of carbonyl (C=O) groups excluding carboxylic acids is 1. The van der Waals surface area contributed by atoms with Gasteiger partial charge in [0, 0.05) is 5.56 Å². The van der Waals surface area contributed by atoms with Gasteiger partial charge in [0.2, 0.25) is 0 Å². The Bertz CT molecular complexity index is 1070. The summed E-state index contributed by atoms with van der Waals surface area (Å²) in [6.45, 7) is 0. The lowest BCUT2D eigenvalue weighted by molar-refractivity contribution is 0.0747. The van der Waals surface area contributed by atoms with Crippen LogP contribution in [0.4, 0.5) is 0 Å². The average molecular weight is 451 g/mol. The number of halogens is 2. The quantitative estimate of drug-likeness (QED) is 0.322. The molecule has 0 amide bonds. The second-order valence-corrected chi connectivity index (χ2v) is 7.32. The molecule has 0 bridgehead atoms. The van der Waals surface area contributed by atoms with Crippen LogP contribution in [0.3, 0.4) is 0 Å². The highest BCUT2D eigenvalue weighted by atomic mass is 35.5. The molecule has 5 heteroatoms. The largest absolute Gasteiger partial charge is 0.454 e. The molecule has 0 heterocycles. The number of Topliss-reactive ketones (excluding diaryl/α,β-unsaturated/α-hetero) is 1. The van der Waals surface area contributed by atoms with Crippen LogP contribution in [0.15, 0.2) is 109 Å². The maximum absolute atomic E-state index is 11.9. The zero-order chi connectivity index (χ0) is 22.1. The standard InChI is InChI=1S/C14H12O2.C12H8Cl2O/c15-13(11-7-3-1-4-8-11)14(16)12-9-5-2-6-10-12;13-9-5-1-3-7-11(9)15-12-8-4-2-6-10(12)14/h1-10,13,15H;1-8H. The predicted molar refractivity (Wildman–Crippen MR) is 125 cm³/mol. The Kier molecular flexibility index (Phi) is 8.25. The van der Waals surface area contributed by atoms with Crippen molar-refractivity contribution in [1.29, 1.82) is 0 Å². The molecule has 0 aliphatic carbocycles. The molecule has 0 spiro atoms. The van der Waals surface area contributed by atoms with Crippen LogP contribution in [0.1, 0.15) is 22.0 Å². The topological polar surface area (TPSA) is 46.5 Å². The molecule has 0 radical (unpaired) electrons. The fraction of sp³-hybridized carbons (Fsp3) is 0.0385. The molecule has 3 nitrogen and oxygen atoms in total. The first-order chi connectivity index (χ1) is 15.1. The number of ketones is 1. The number of rotatable bonds is 5. The number of benzene rings is 4. The molecule has 1 N–H and O–H groups in total. The van der Waals surface area contributed by atoms with Gasteiger partial charge >= 0.3 is 0 Å². The molecule has 0 aliphatic rings. The number of aliphatic hydroxyl groups is 1. The summed E-state index contributed by atoms with van der Waals surface area (Å²) in [5.41, 5.74) is 1.15. The van der Waals surface area contributed by atoms with Gasteiger partial charge in [0.05, 0.1) is 10.0 Å². The van der Waals surface area contributed by atoms with E-state index >= 15 is 0 Å². The Labute approximate surface area is 191 Å². The summed E-state index contributed by atoms with van der Waals surface area (Å²) in [5, 5.41) is 11.0. The summed E-state index contributed by atoms with van der Waals surface area (Å²) in [6.07, 6.45) is -1.08. The lowest BCUT2D eigenvalue weighted by Gasteiger charge is -2.09. The van der Waals surface area contributed by atoms with Crippen molar-refractivity contribution in [2.24, 2.45) is 0 Å².